The van der Waals surface area contributed by atoms with Gasteiger partial charge in [-0.05, 0) is 66.8 Å². The van der Waals surface area contributed by atoms with Crippen LogP contribution in [0, 0.1) is 47.0 Å². The quantitative estimate of drug-likeness (QED) is 0.238. The van der Waals surface area contributed by atoms with Crippen LogP contribution in [0.2, 0.25) is 0 Å². The van der Waals surface area contributed by atoms with Crippen LogP contribution in [0.25, 0.3) is 0 Å². The summed E-state index contributed by atoms with van der Waals surface area (Å²) in [7, 11) is 0. The van der Waals surface area contributed by atoms with Crippen molar-refractivity contribution in [1.29, 1.82) is 0 Å². The fraction of sp³-hybridized carbons (Fsp3) is 0.500. The molecule has 0 nitrogen and oxygen atoms in total. The number of hydrogen-bond donors (Lipinski definition) is 0. The fourth-order valence-electron chi connectivity index (χ4n) is 4.76. The van der Waals surface area contributed by atoms with Gasteiger partial charge in [0.2, 0.25) is 0 Å². The second-order valence-corrected chi connectivity index (χ2v) is 9.16. The average Bonchev–Trinajstić information content (AvgIpc) is 2.77. The van der Waals surface area contributed by atoms with E-state index in [0.29, 0.717) is 5.92 Å². The van der Waals surface area contributed by atoms with Crippen LogP contribution in [0.5, 0.6) is 0 Å². The molecule has 0 amide bonds. The third-order valence-electron chi connectivity index (χ3n) is 6.76. The van der Waals surface area contributed by atoms with Crippen LogP contribution in [0.3, 0.4) is 0 Å². The molecular weight excluding hydrogens is 393 g/mol. The lowest BCUT2D eigenvalue weighted by molar-refractivity contribution is 0.204. The van der Waals surface area contributed by atoms with Gasteiger partial charge in [-0.15, -0.1) is 0 Å². The second-order valence-electron chi connectivity index (χ2n) is 9.16. The van der Waals surface area contributed by atoms with Crippen molar-refractivity contribution in [3.05, 3.63) is 70.5 Å². The molecule has 0 saturated heterocycles. The summed E-state index contributed by atoms with van der Waals surface area (Å²) in [6.07, 6.45) is 12.0. The van der Waals surface area contributed by atoms with Crippen LogP contribution in [-0.2, 0) is 6.42 Å². The van der Waals surface area contributed by atoms with Crippen LogP contribution in [0.4, 0.5) is 13.2 Å². The highest BCUT2D eigenvalue weighted by atomic mass is 19.2. The van der Waals surface area contributed by atoms with E-state index in [1.165, 1.54) is 56.9 Å². The summed E-state index contributed by atoms with van der Waals surface area (Å²) in [5.74, 6) is 4.12. The van der Waals surface area contributed by atoms with Gasteiger partial charge in [0.15, 0.2) is 17.5 Å². The molecule has 1 aliphatic rings. The van der Waals surface area contributed by atoms with Crippen molar-refractivity contribution in [2.75, 3.05) is 0 Å². The number of hydrogen-bond acceptors (Lipinski definition) is 0. The molecule has 3 heteroatoms. The fourth-order valence-corrected chi connectivity index (χ4v) is 4.76. The van der Waals surface area contributed by atoms with Gasteiger partial charge in [0.1, 0.15) is 0 Å². The molecule has 0 bridgehead atoms. The van der Waals surface area contributed by atoms with Gasteiger partial charge in [-0.2, -0.15) is 0 Å². The summed E-state index contributed by atoms with van der Waals surface area (Å²) < 4.78 is 39.6. The molecule has 166 valence electrons. The van der Waals surface area contributed by atoms with Crippen molar-refractivity contribution in [2.45, 2.75) is 71.6 Å². The standard InChI is InChI=1S/C28H33F3/c1-3-4-5-6-21-13-15-25(16-14-21)20(2)17-23-10-7-22(8-11-23)9-12-24-18-26(29)28(31)27(30)19-24/h7-8,10-11,18-21,25H,3-6,13-17H2,1-2H3. The van der Waals surface area contributed by atoms with Crippen molar-refractivity contribution in [2.24, 2.45) is 17.8 Å². The zero-order chi connectivity index (χ0) is 22.2. The molecule has 3 rings (SSSR count). The Balaban J connectivity index is 1.51. The van der Waals surface area contributed by atoms with Gasteiger partial charge in [-0.3, -0.25) is 0 Å². The maximum atomic E-state index is 13.3. The monoisotopic (exact) mass is 426 g/mol. The van der Waals surface area contributed by atoms with E-state index in [4.69, 9.17) is 0 Å². The molecule has 1 unspecified atom stereocenters. The highest BCUT2D eigenvalue weighted by Gasteiger charge is 2.25. The van der Waals surface area contributed by atoms with E-state index in [1.54, 1.807) is 0 Å². The lowest BCUT2D eigenvalue weighted by Crippen LogP contribution is -2.21. The molecule has 0 aliphatic heterocycles. The zero-order valence-electron chi connectivity index (χ0n) is 18.7. The Labute approximate surface area is 185 Å². The first-order valence-electron chi connectivity index (χ1n) is 11.7. The van der Waals surface area contributed by atoms with E-state index in [1.807, 2.05) is 12.1 Å². The van der Waals surface area contributed by atoms with Crippen molar-refractivity contribution in [1.82, 2.24) is 0 Å². The first-order chi connectivity index (χ1) is 15.0. The van der Waals surface area contributed by atoms with E-state index in [9.17, 15) is 13.2 Å². The average molecular weight is 427 g/mol. The number of rotatable bonds is 7. The van der Waals surface area contributed by atoms with Crippen molar-refractivity contribution >= 4 is 0 Å². The van der Waals surface area contributed by atoms with Crippen LogP contribution in [0.1, 0.15) is 81.9 Å². The third-order valence-corrected chi connectivity index (χ3v) is 6.76. The number of benzene rings is 2. The Morgan fingerprint density at radius 2 is 1.48 bits per heavy atom. The maximum absolute atomic E-state index is 13.3. The molecule has 0 radical (unpaired) electrons. The summed E-state index contributed by atoms with van der Waals surface area (Å²) >= 11 is 0. The summed E-state index contributed by atoms with van der Waals surface area (Å²) in [5.41, 5.74) is 2.19. The Morgan fingerprint density at radius 3 is 2.10 bits per heavy atom. The molecule has 1 saturated carbocycles. The summed E-state index contributed by atoms with van der Waals surface area (Å²) in [5, 5.41) is 0. The van der Waals surface area contributed by atoms with E-state index >= 15 is 0 Å². The molecule has 2 aromatic rings. The minimum absolute atomic E-state index is 0.124. The molecule has 0 aromatic heterocycles. The Bertz CT molecular complexity index is 873. The molecule has 1 fully saturated rings. The third kappa shape index (κ3) is 6.89. The van der Waals surface area contributed by atoms with Crippen molar-refractivity contribution in [3.8, 4) is 11.8 Å². The lowest BCUT2D eigenvalue weighted by atomic mass is 9.73. The number of unbranched alkanes of at least 4 members (excludes halogenated alkanes) is 2. The predicted octanol–water partition coefficient (Wildman–Crippen LogP) is 8.07. The van der Waals surface area contributed by atoms with Gasteiger partial charge in [0.25, 0.3) is 0 Å². The molecule has 1 aliphatic carbocycles. The van der Waals surface area contributed by atoms with Gasteiger partial charge >= 0.3 is 0 Å². The molecule has 31 heavy (non-hydrogen) atoms. The minimum Gasteiger partial charge on any atom is -0.204 e. The molecule has 0 heterocycles. The minimum atomic E-state index is -1.46. The Morgan fingerprint density at radius 1 is 0.871 bits per heavy atom. The SMILES string of the molecule is CCCCCC1CCC(C(C)Cc2ccc(C#Cc3cc(F)c(F)c(F)c3)cc2)CC1. The van der Waals surface area contributed by atoms with Crippen molar-refractivity contribution in [3.63, 3.8) is 0 Å². The van der Waals surface area contributed by atoms with Crippen LogP contribution in [-0.4, -0.2) is 0 Å². The summed E-state index contributed by atoms with van der Waals surface area (Å²) in [6, 6.07) is 9.89. The summed E-state index contributed by atoms with van der Waals surface area (Å²) in [4.78, 5) is 0. The van der Waals surface area contributed by atoms with Gasteiger partial charge in [0.05, 0.1) is 0 Å². The highest BCUT2D eigenvalue weighted by Crippen LogP contribution is 2.36. The molecule has 1 atom stereocenters. The second kappa shape index (κ2) is 11.4. The van der Waals surface area contributed by atoms with Gasteiger partial charge in [0, 0.05) is 11.1 Å². The van der Waals surface area contributed by atoms with E-state index in [2.05, 4.69) is 37.8 Å². The highest BCUT2D eigenvalue weighted by molar-refractivity contribution is 5.43. The van der Waals surface area contributed by atoms with Gasteiger partial charge in [-0.25, -0.2) is 13.2 Å². The largest absolute Gasteiger partial charge is 0.204 e. The Hall–Kier alpha value is -2.21. The molecule has 2 aromatic carbocycles. The topological polar surface area (TPSA) is 0 Å². The molecular formula is C28H33F3. The van der Waals surface area contributed by atoms with Crippen LogP contribution >= 0.6 is 0 Å². The van der Waals surface area contributed by atoms with Gasteiger partial charge < -0.3 is 0 Å². The van der Waals surface area contributed by atoms with Crippen molar-refractivity contribution < 1.29 is 13.2 Å². The summed E-state index contributed by atoms with van der Waals surface area (Å²) in [6.45, 7) is 4.64. The van der Waals surface area contributed by atoms with Gasteiger partial charge in [-0.1, -0.05) is 76.3 Å². The van der Waals surface area contributed by atoms with E-state index in [-0.39, 0.29) is 5.56 Å². The molecule has 0 N–H and O–H groups in total. The smallest absolute Gasteiger partial charge is 0.194 e. The van der Waals surface area contributed by atoms with Crippen LogP contribution < -0.4 is 0 Å². The predicted molar refractivity (Wildman–Crippen MR) is 121 cm³/mol. The zero-order valence-corrected chi connectivity index (χ0v) is 18.7. The lowest BCUT2D eigenvalue weighted by Gasteiger charge is -2.32. The first kappa shape index (κ1) is 23.5. The Kier molecular flexibility index (Phi) is 8.64. The normalized spacial score (nSPS) is 19.5. The molecule has 0 spiro atoms. The first-order valence-corrected chi connectivity index (χ1v) is 11.7. The number of halogens is 3. The van der Waals surface area contributed by atoms with Crippen LogP contribution in [0.15, 0.2) is 36.4 Å². The maximum Gasteiger partial charge on any atom is 0.194 e. The van der Waals surface area contributed by atoms with E-state index < -0.39 is 17.5 Å². The van der Waals surface area contributed by atoms with E-state index in [0.717, 1.165) is 36.0 Å².